The van der Waals surface area contributed by atoms with E-state index in [1.165, 1.54) is 27.8 Å². The van der Waals surface area contributed by atoms with Gasteiger partial charge in [-0.05, 0) is 33.2 Å². The minimum Gasteiger partial charge on any atom is -0.0619 e. The fourth-order valence-corrected chi connectivity index (χ4v) is 2.42. The molecule has 0 heterocycles. The Balaban J connectivity index is 2.18. The molecule has 0 atom stereocenters. The summed E-state index contributed by atoms with van der Waals surface area (Å²) < 4.78 is 0. The molecule has 0 N–H and O–H groups in total. The van der Waals surface area contributed by atoms with Crippen LogP contribution in [0.4, 0.5) is 0 Å². The van der Waals surface area contributed by atoms with Crippen LogP contribution in [0.2, 0.25) is 0 Å². The molecular formula is C17H17. The summed E-state index contributed by atoms with van der Waals surface area (Å²) >= 11 is 0. The van der Waals surface area contributed by atoms with Crippen LogP contribution in [-0.2, 0) is 5.41 Å². The molecule has 0 nitrogen and oxygen atoms in total. The summed E-state index contributed by atoms with van der Waals surface area (Å²) in [6.07, 6.45) is 2.27. The number of hydrogen-bond acceptors (Lipinski definition) is 0. The Morgan fingerprint density at radius 3 is 2.24 bits per heavy atom. The van der Waals surface area contributed by atoms with Crippen molar-refractivity contribution in [3.63, 3.8) is 0 Å². The van der Waals surface area contributed by atoms with Crippen LogP contribution in [-0.4, -0.2) is 0 Å². The van der Waals surface area contributed by atoms with Crippen LogP contribution < -0.4 is 0 Å². The third kappa shape index (κ3) is 1.68. The minimum atomic E-state index is 0.215. The molecule has 0 aliphatic heterocycles. The first-order chi connectivity index (χ1) is 8.05. The van der Waals surface area contributed by atoms with Crippen molar-refractivity contribution in [2.45, 2.75) is 26.2 Å². The lowest BCUT2D eigenvalue weighted by Crippen LogP contribution is -2.10. The van der Waals surface area contributed by atoms with Crippen molar-refractivity contribution < 1.29 is 0 Å². The second-order valence-corrected chi connectivity index (χ2v) is 5.78. The highest BCUT2D eigenvalue weighted by atomic mass is 14.2. The van der Waals surface area contributed by atoms with Crippen LogP contribution in [0.1, 0.15) is 37.5 Å². The summed E-state index contributed by atoms with van der Waals surface area (Å²) in [6, 6.07) is 15.5. The first kappa shape index (κ1) is 10.6. The van der Waals surface area contributed by atoms with Gasteiger partial charge in [0.2, 0.25) is 0 Å². The minimum absolute atomic E-state index is 0.215. The van der Waals surface area contributed by atoms with E-state index < -0.39 is 0 Å². The lowest BCUT2D eigenvalue weighted by atomic mass is 9.85. The molecule has 17 heavy (non-hydrogen) atoms. The van der Waals surface area contributed by atoms with E-state index in [2.05, 4.69) is 69.7 Å². The van der Waals surface area contributed by atoms with E-state index in [4.69, 9.17) is 0 Å². The van der Waals surface area contributed by atoms with Gasteiger partial charge in [0.25, 0.3) is 0 Å². The quantitative estimate of drug-likeness (QED) is 0.522. The van der Waals surface area contributed by atoms with E-state index in [-0.39, 0.29) is 5.41 Å². The largest absolute Gasteiger partial charge is 0.0619 e. The molecule has 0 heteroatoms. The lowest BCUT2D eigenvalue weighted by molar-refractivity contribution is 0.590. The molecule has 0 amide bonds. The topological polar surface area (TPSA) is 0 Å². The predicted molar refractivity (Wildman–Crippen MR) is 73.1 cm³/mol. The highest BCUT2D eigenvalue weighted by molar-refractivity contribution is 5.81. The van der Waals surface area contributed by atoms with Gasteiger partial charge in [-0.2, -0.15) is 0 Å². The molecule has 0 saturated heterocycles. The first-order valence-electron chi connectivity index (χ1n) is 6.14. The van der Waals surface area contributed by atoms with Gasteiger partial charge in [0, 0.05) is 6.42 Å². The van der Waals surface area contributed by atoms with E-state index in [9.17, 15) is 0 Å². The van der Waals surface area contributed by atoms with Crippen molar-refractivity contribution in [2.75, 3.05) is 0 Å². The molecule has 1 aliphatic rings. The van der Waals surface area contributed by atoms with Crippen molar-refractivity contribution in [1.29, 1.82) is 0 Å². The standard InChI is InChI=1S/C17H17/c1-17(2,3)14-9-8-13-10-12-6-4-5-7-15(12)16(13)11-14/h4-11H,1-3H3. The molecule has 0 aromatic heterocycles. The Hall–Kier alpha value is -1.56. The Morgan fingerprint density at radius 2 is 1.47 bits per heavy atom. The molecule has 0 bridgehead atoms. The van der Waals surface area contributed by atoms with Crippen molar-refractivity contribution in [3.8, 4) is 11.1 Å². The van der Waals surface area contributed by atoms with Gasteiger partial charge >= 0.3 is 0 Å². The fraction of sp³-hybridized carbons (Fsp3) is 0.235. The highest BCUT2D eigenvalue weighted by Crippen LogP contribution is 2.39. The lowest BCUT2D eigenvalue weighted by Gasteiger charge is -2.20. The summed E-state index contributed by atoms with van der Waals surface area (Å²) in [4.78, 5) is 0. The summed E-state index contributed by atoms with van der Waals surface area (Å²) in [5, 5.41) is 0. The maximum absolute atomic E-state index is 2.34. The average molecular weight is 221 g/mol. The molecule has 3 rings (SSSR count). The normalized spacial score (nSPS) is 13.4. The van der Waals surface area contributed by atoms with Crippen molar-refractivity contribution in [2.24, 2.45) is 0 Å². The smallest absolute Gasteiger partial charge is 0.0211 e. The summed E-state index contributed by atoms with van der Waals surface area (Å²) in [6.45, 7) is 6.79. The first-order valence-corrected chi connectivity index (χ1v) is 6.14. The zero-order valence-corrected chi connectivity index (χ0v) is 10.6. The number of benzene rings is 2. The van der Waals surface area contributed by atoms with E-state index in [1.807, 2.05) is 0 Å². The van der Waals surface area contributed by atoms with E-state index >= 15 is 0 Å². The Kier molecular flexibility index (Phi) is 2.16. The number of rotatable bonds is 0. The van der Waals surface area contributed by atoms with Gasteiger partial charge in [0.1, 0.15) is 0 Å². The molecule has 2 aromatic rings. The van der Waals surface area contributed by atoms with Gasteiger partial charge in [-0.3, -0.25) is 0 Å². The second kappa shape index (κ2) is 3.46. The highest BCUT2D eigenvalue weighted by Gasteiger charge is 2.21. The molecule has 0 spiro atoms. The zero-order valence-electron chi connectivity index (χ0n) is 10.6. The monoisotopic (exact) mass is 221 g/mol. The molecule has 0 unspecified atom stereocenters. The predicted octanol–water partition coefficient (Wildman–Crippen LogP) is 4.57. The Labute approximate surface area is 103 Å². The second-order valence-electron chi connectivity index (χ2n) is 5.78. The molecule has 1 aliphatic carbocycles. The summed E-state index contributed by atoms with van der Waals surface area (Å²) in [5.74, 6) is 0. The SMILES string of the molecule is CC(C)(C)c1ccc2c(c1)-c1ccccc1[CH]2. The van der Waals surface area contributed by atoms with Crippen molar-refractivity contribution in [1.82, 2.24) is 0 Å². The molecule has 1 radical (unpaired) electrons. The molecular weight excluding hydrogens is 204 g/mol. The van der Waals surface area contributed by atoms with Crippen molar-refractivity contribution in [3.05, 3.63) is 65.6 Å². The molecule has 85 valence electrons. The third-order valence-electron chi connectivity index (χ3n) is 3.48. The van der Waals surface area contributed by atoms with Crippen LogP contribution >= 0.6 is 0 Å². The third-order valence-corrected chi connectivity index (χ3v) is 3.48. The summed E-state index contributed by atoms with van der Waals surface area (Å²) in [7, 11) is 0. The van der Waals surface area contributed by atoms with Crippen LogP contribution in [0.25, 0.3) is 11.1 Å². The number of fused-ring (bicyclic) bond motifs is 3. The van der Waals surface area contributed by atoms with E-state index in [0.29, 0.717) is 0 Å². The van der Waals surface area contributed by atoms with Gasteiger partial charge in [0.15, 0.2) is 0 Å². The van der Waals surface area contributed by atoms with Gasteiger partial charge in [0.05, 0.1) is 0 Å². The maximum atomic E-state index is 2.34. The Morgan fingerprint density at radius 1 is 0.765 bits per heavy atom. The maximum Gasteiger partial charge on any atom is 0.0211 e. The van der Waals surface area contributed by atoms with Gasteiger partial charge in [-0.25, -0.2) is 0 Å². The van der Waals surface area contributed by atoms with Crippen LogP contribution in [0.3, 0.4) is 0 Å². The Bertz CT molecular complexity index is 571. The van der Waals surface area contributed by atoms with E-state index in [0.717, 1.165) is 0 Å². The van der Waals surface area contributed by atoms with Crippen LogP contribution in [0, 0.1) is 6.42 Å². The average Bonchev–Trinajstić information content (AvgIpc) is 2.65. The fourth-order valence-electron chi connectivity index (χ4n) is 2.42. The van der Waals surface area contributed by atoms with Gasteiger partial charge in [-0.1, -0.05) is 63.2 Å². The molecule has 0 saturated carbocycles. The van der Waals surface area contributed by atoms with Gasteiger partial charge < -0.3 is 0 Å². The van der Waals surface area contributed by atoms with Gasteiger partial charge in [-0.15, -0.1) is 0 Å². The van der Waals surface area contributed by atoms with Crippen molar-refractivity contribution >= 4 is 0 Å². The van der Waals surface area contributed by atoms with Crippen LogP contribution in [0.15, 0.2) is 42.5 Å². The molecule has 2 aromatic carbocycles. The number of hydrogen-bond donors (Lipinski definition) is 0. The zero-order chi connectivity index (χ0) is 12.0. The van der Waals surface area contributed by atoms with Crippen LogP contribution in [0.5, 0.6) is 0 Å². The summed E-state index contributed by atoms with van der Waals surface area (Å²) in [5.41, 5.74) is 7.06. The molecule has 0 fully saturated rings. The van der Waals surface area contributed by atoms with E-state index in [1.54, 1.807) is 0 Å².